The number of anilines is 6. The SMILES string of the molecule is CC1CN(c2ccc(F)cc2)CCN1c1ncn(Cc2ccc(Cl)cc2)c(=O)n1.O=C=O.O=c1nc(N2CC=C(c3ccc(F)cc3)CC2)ncn1Cc1ccc(Cl)cc1.O=c1nc(N2CCC(O)(c3ccc(F)cc3)CC2)ncn1Cc1ccc(Cl)cc1.O=c1nc(N2CCC(c3ccc(F)cc3)C(O)C2)ncn1Cc1ccc(Cl)cc1.O=c1nc(OC2CCN(c3ccc(F)cc3)C2)ncn1Cc1ccc(Cl)cc1. The summed E-state index contributed by atoms with van der Waals surface area (Å²) in [5.41, 5.74) is 7.46. The van der Waals surface area contributed by atoms with Crippen molar-refractivity contribution in [2.75, 3.05) is 101 Å². The number of β-amino-alcohol motifs (C(OH)–C–C–N with tert-alkyl or cyclic N) is 1. The fourth-order valence-corrected chi connectivity index (χ4v) is 17.6. The molecule has 0 aliphatic carbocycles. The van der Waals surface area contributed by atoms with Gasteiger partial charge in [-0.2, -0.15) is 34.5 Å². The number of piperazine rings is 1. The van der Waals surface area contributed by atoms with Crippen molar-refractivity contribution >= 4 is 105 Å². The lowest BCUT2D eigenvalue weighted by Gasteiger charge is -2.40. The van der Waals surface area contributed by atoms with Crippen molar-refractivity contribution in [3.05, 3.63) is 431 Å². The molecule has 10 aromatic carbocycles. The van der Waals surface area contributed by atoms with Gasteiger partial charge < -0.3 is 44.3 Å². The quantitative estimate of drug-likeness (QED) is 0.0631. The van der Waals surface area contributed by atoms with Crippen LogP contribution in [0, 0.1) is 29.1 Å². The largest absolute Gasteiger partial charge is 0.458 e. The second-order valence-corrected chi connectivity index (χ2v) is 37.0. The number of benzene rings is 10. The van der Waals surface area contributed by atoms with Crippen LogP contribution in [0.25, 0.3) is 5.57 Å². The van der Waals surface area contributed by atoms with Gasteiger partial charge >= 0.3 is 40.6 Å². The topological polar surface area (TPSA) is 342 Å². The minimum atomic E-state index is -1.02. The van der Waals surface area contributed by atoms with E-state index in [1.807, 2.05) is 75.4 Å². The molecule has 15 aromatic rings. The van der Waals surface area contributed by atoms with Gasteiger partial charge in [0.1, 0.15) is 66.8 Å². The Morgan fingerprint density at radius 1 is 0.377 bits per heavy atom. The molecule has 41 heteroatoms. The molecular formula is C105H97Cl5F5N21O10. The van der Waals surface area contributed by atoms with Gasteiger partial charge in [-0.25, -0.2) is 65.9 Å². The van der Waals surface area contributed by atoms with Crippen molar-refractivity contribution in [3.63, 3.8) is 0 Å². The monoisotopic (exact) mass is 2080 g/mol. The molecule has 752 valence electrons. The van der Waals surface area contributed by atoms with Crippen LogP contribution in [0.5, 0.6) is 6.01 Å². The lowest BCUT2D eigenvalue weighted by Crippen LogP contribution is -2.53. The smallest absolute Gasteiger partial charge is 0.373 e. The minimum absolute atomic E-state index is 0.0725. The van der Waals surface area contributed by atoms with E-state index in [4.69, 9.17) is 72.3 Å². The first kappa shape index (κ1) is 105. The van der Waals surface area contributed by atoms with Crippen molar-refractivity contribution in [2.24, 2.45) is 0 Å². The summed E-state index contributed by atoms with van der Waals surface area (Å²) in [4.78, 5) is 132. The Kier molecular flexibility index (Phi) is 36.1. The number of ether oxygens (including phenoxy) is 1. The highest BCUT2D eigenvalue weighted by molar-refractivity contribution is 6.31. The van der Waals surface area contributed by atoms with Gasteiger partial charge in [0.15, 0.2) is 0 Å². The molecule has 10 heterocycles. The maximum absolute atomic E-state index is 13.2. The summed E-state index contributed by atoms with van der Waals surface area (Å²) in [5, 5.41) is 24.7. The first-order valence-corrected chi connectivity index (χ1v) is 48.3. The van der Waals surface area contributed by atoms with E-state index < -0.39 is 23.1 Å². The van der Waals surface area contributed by atoms with Crippen LogP contribution in [0.1, 0.15) is 89.5 Å². The van der Waals surface area contributed by atoms with E-state index in [2.05, 4.69) is 72.6 Å². The van der Waals surface area contributed by atoms with Crippen molar-refractivity contribution in [2.45, 2.75) is 102 Å². The Labute approximate surface area is 859 Å². The molecule has 0 radical (unpaired) electrons. The zero-order valence-electron chi connectivity index (χ0n) is 78.5. The highest BCUT2D eigenvalue weighted by Crippen LogP contribution is 2.36. The van der Waals surface area contributed by atoms with Crippen LogP contribution >= 0.6 is 58.0 Å². The Hall–Kier alpha value is -15.0. The summed E-state index contributed by atoms with van der Waals surface area (Å²) in [5.74, 6) is 0.0567. The van der Waals surface area contributed by atoms with Gasteiger partial charge in [0.05, 0.1) is 51.0 Å². The first-order valence-electron chi connectivity index (χ1n) is 46.4. The molecule has 4 atom stereocenters. The third kappa shape index (κ3) is 29.2. The molecule has 5 aliphatic heterocycles. The standard InChI is InChI=1S/C21H21ClFN5O.2C21H20ClFN4O2.C21H18ClFN4O.C20H18ClFN4O2.CO2/c1-15-12-26(19-8-6-18(23)7-9-19)10-11-28(15)20-24-14-27(21(29)25-20)13-16-2-4-17(22)5-3-16;22-17-5-1-15(2-6-17)13-27-14-24-19(25-20(27)28)26-11-9-21(29,10-12-26)16-3-7-18(23)8-4-16;22-16-5-1-14(2-6-16)11-27-13-24-20(25-21(27)29)26-10-9-18(19(28)12-26)15-3-7-17(23)8-4-15;22-18-5-1-15(2-6-18)13-27-14-24-20(25-21(27)28)26-11-9-17(10-12-26)16-3-7-19(23)8-4-16;21-15-3-1-14(2-4-15)11-26-13-23-19(24-20(26)27)28-18-9-10-25(12-18)17-7-5-16(22)6-8-17;2-1-3/h2-9,14-15H,10-13H2,1H3;1-8,14,29H,9-13H2;1-8,13,18-19,28H,9-12H2;1-9,14H,10-13H2;1-8,13,18H,9-12H2;. The predicted octanol–water partition coefficient (Wildman–Crippen LogP) is 15.3. The number of aliphatic hydroxyl groups excluding tert-OH is 1. The zero-order valence-corrected chi connectivity index (χ0v) is 82.3. The normalized spacial score (nSPS) is 16.3. The van der Waals surface area contributed by atoms with Crippen LogP contribution < -0.4 is 62.6 Å². The Balaban J connectivity index is 0.000000136. The van der Waals surface area contributed by atoms with Crippen LogP contribution in [0.15, 0.2) is 304 Å². The molecule has 5 aromatic heterocycles. The summed E-state index contributed by atoms with van der Waals surface area (Å²) in [6.07, 6.45) is 12.1. The highest BCUT2D eigenvalue weighted by atomic mass is 35.5. The molecule has 2 N–H and O–H groups in total. The Morgan fingerprint density at radius 3 is 1.11 bits per heavy atom. The van der Waals surface area contributed by atoms with Crippen LogP contribution in [-0.4, -0.2) is 179 Å². The number of nitrogens with zero attached hydrogens (tertiary/aromatic N) is 21. The van der Waals surface area contributed by atoms with E-state index in [0.717, 1.165) is 88.4 Å². The lowest BCUT2D eigenvalue weighted by molar-refractivity contribution is -0.191. The van der Waals surface area contributed by atoms with E-state index in [0.29, 0.717) is 159 Å². The molecule has 31 nitrogen and oxygen atoms in total. The molecule has 4 fully saturated rings. The molecule has 5 aliphatic rings. The third-order valence-electron chi connectivity index (χ3n) is 24.9. The van der Waals surface area contributed by atoms with Crippen molar-refractivity contribution < 1.29 is 46.5 Å². The van der Waals surface area contributed by atoms with Crippen LogP contribution in [-0.2, 0) is 47.9 Å². The van der Waals surface area contributed by atoms with Crippen molar-refractivity contribution in [1.29, 1.82) is 0 Å². The maximum atomic E-state index is 13.2. The Morgan fingerprint density at radius 2 is 0.726 bits per heavy atom. The van der Waals surface area contributed by atoms with E-state index in [1.54, 1.807) is 133 Å². The predicted molar refractivity (Wildman–Crippen MR) is 547 cm³/mol. The fourth-order valence-electron chi connectivity index (χ4n) is 17.0. The van der Waals surface area contributed by atoms with Gasteiger partial charge in [0.2, 0.25) is 23.8 Å². The average molecular weight is 2090 g/mol. The summed E-state index contributed by atoms with van der Waals surface area (Å²) in [6.45, 7) is 10.7. The highest BCUT2D eigenvalue weighted by Gasteiger charge is 2.36. The molecule has 146 heavy (non-hydrogen) atoms. The minimum Gasteiger partial charge on any atom is -0.458 e. The number of rotatable bonds is 21. The van der Waals surface area contributed by atoms with Gasteiger partial charge in [0, 0.05) is 120 Å². The third-order valence-corrected chi connectivity index (χ3v) is 26.2. The number of hydrogen-bond donors (Lipinski definition) is 2. The van der Waals surface area contributed by atoms with Gasteiger partial charge in [-0.3, -0.25) is 22.8 Å². The molecule has 0 amide bonds. The van der Waals surface area contributed by atoms with E-state index in [9.17, 15) is 56.1 Å². The number of piperidine rings is 2. The number of carbonyl (C=O) groups excluding carboxylic acids is 2. The molecule has 20 rings (SSSR count). The first-order chi connectivity index (χ1) is 70.5. The van der Waals surface area contributed by atoms with E-state index in [-0.39, 0.29) is 76.4 Å². The van der Waals surface area contributed by atoms with Gasteiger partial charge in [0.25, 0.3) is 0 Å². The molecule has 0 bridgehead atoms. The zero-order chi connectivity index (χ0) is 103. The van der Waals surface area contributed by atoms with Crippen LogP contribution in [0.4, 0.5) is 57.1 Å². The van der Waals surface area contributed by atoms with Crippen LogP contribution in [0.2, 0.25) is 25.1 Å². The second kappa shape index (κ2) is 50.0. The van der Waals surface area contributed by atoms with Gasteiger partial charge in [-0.1, -0.05) is 161 Å². The molecule has 0 spiro atoms. The molecular weight excluding hydrogens is 1990 g/mol. The lowest BCUT2D eigenvalue weighted by atomic mass is 9.84. The Bertz CT molecular complexity index is 7300. The fraction of sp³-hybridized carbons (Fsp3) is 0.257. The number of halogens is 10. The second-order valence-electron chi connectivity index (χ2n) is 34.9. The van der Waals surface area contributed by atoms with E-state index >= 15 is 0 Å². The summed E-state index contributed by atoms with van der Waals surface area (Å²) >= 11 is 29.4. The number of aliphatic hydroxyl groups is 2. The molecule has 0 saturated carbocycles. The van der Waals surface area contributed by atoms with Crippen molar-refractivity contribution in [3.8, 4) is 6.01 Å². The molecule has 4 saturated heterocycles. The van der Waals surface area contributed by atoms with Gasteiger partial charge in [-0.05, 0) is 228 Å². The van der Waals surface area contributed by atoms with Crippen molar-refractivity contribution in [1.82, 2.24) is 72.7 Å². The summed E-state index contributed by atoms with van der Waals surface area (Å²) in [7, 11) is 0. The van der Waals surface area contributed by atoms with Gasteiger partial charge in [-0.15, -0.1) is 4.98 Å². The number of aromatic nitrogens is 15. The number of hydrogen-bond acceptors (Lipinski definition) is 26. The molecule has 4 unspecified atom stereocenters. The van der Waals surface area contributed by atoms with Crippen LogP contribution in [0.3, 0.4) is 0 Å². The maximum Gasteiger partial charge on any atom is 0.373 e. The average Bonchev–Trinajstić information content (AvgIpc) is 0.826. The summed E-state index contributed by atoms with van der Waals surface area (Å²) < 4.78 is 78.6. The van der Waals surface area contributed by atoms with E-state index in [1.165, 1.54) is 109 Å². The summed E-state index contributed by atoms with van der Waals surface area (Å²) in [6, 6.07) is 68.0.